The van der Waals surface area contributed by atoms with E-state index in [9.17, 15) is 85.6 Å². The summed E-state index contributed by atoms with van der Waals surface area (Å²) < 4.78 is 41.6. The van der Waals surface area contributed by atoms with Crippen LogP contribution in [-0.2, 0) is 58.9 Å². The molecule has 562 valence electrons. The van der Waals surface area contributed by atoms with E-state index in [1.54, 1.807) is 49.4 Å². The van der Waals surface area contributed by atoms with Crippen molar-refractivity contribution >= 4 is 58.1 Å². The van der Waals surface area contributed by atoms with E-state index in [0.29, 0.717) is 11.3 Å². The van der Waals surface area contributed by atoms with Gasteiger partial charge in [0.25, 0.3) is 0 Å². The molecule has 0 bridgehead atoms. The third kappa shape index (κ3) is 17.6. The Kier molecular flexibility index (Phi) is 25.7. The molecule has 0 saturated carbocycles. The molecule has 10 rings (SSSR count). The first-order chi connectivity index (χ1) is 49.3. The van der Waals surface area contributed by atoms with Gasteiger partial charge >= 0.3 is 5.96 Å². The predicted octanol–water partition coefficient (Wildman–Crippen LogP) is -11.1. The first kappa shape index (κ1) is 77.0. The summed E-state index contributed by atoms with van der Waals surface area (Å²) in [6, 6.07) is 13.7. The summed E-state index contributed by atoms with van der Waals surface area (Å²) in [5, 5.41) is 165. The number of rotatable bonds is 21. The summed E-state index contributed by atoms with van der Waals surface area (Å²) in [7, 11) is 0. The Morgan fingerprint density at radius 1 is 0.553 bits per heavy atom. The molecule has 1 unspecified atom stereocenters. The van der Waals surface area contributed by atoms with E-state index in [1.165, 1.54) is 24.3 Å². The van der Waals surface area contributed by atoms with Crippen LogP contribution in [0.4, 0.5) is 0 Å². The number of aliphatic imine (C=N–C) groups is 1. The minimum atomic E-state index is -2.34. The quantitative estimate of drug-likeness (QED) is 0.0272. The molecular formula is C65H87N12O26+. The number of benzene rings is 4. The molecule has 4 fully saturated rings. The van der Waals surface area contributed by atoms with E-state index < -0.39 is 241 Å². The Hall–Kier alpha value is -8.62. The monoisotopic (exact) mass is 1450 g/mol. The maximum atomic E-state index is 15.2. The van der Waals surface area contributed by atoms with Crippen molar-refractivity contribution in [3.8, 4) is 11.5 Å². The number of guanidine groups is 2. The van der Waals surface area contributed by atoms with Gasteiger partial charge in [-0.2, -0.15) is 0 Å². The molecule has 0 radical (unpaired) electrons. The van der Waals surface area contributed by atoms with Gasteiger partial charge in [0.2, 0.25) is 48.0 Å². The summed E-state index contributed by atoms with van der Waals surface area (Å²) in [5.41, 5.74) is 12.9. The maximum absolute atomic E-state index is 15.2. The van der Waals surface area contributed by atoms with Crippen molar-refractivity contribution in [2.75, 3.05) is 52.9 Å². The van der Waals surface area contributed by atoms with Gasteiger partial charge in [-0.05, 0) is 46.2 Å². The van der Waals surface area contributed by atoms with Crippen LogP contribution in [0.15, 0.2) is 102 Å². The summed E-state index contributed by atoms with van der Waals surface area (Å²) >= 11 is 0. The molecule has 6 aliphatic rings. The minimum absolute atomic E-state index is 0.0717. The lowest BCUT2D eigenvalue weighted by Crippen LogP contribution is -2.68. The van der Waals surface area contributed by atoms with Crippen LogP contribution in [0.2, 0.25) is 0 Å². The van der Waals surface area contributed by atoms with Crippen LogP contribution in [0.3, 0.4) is 0 Å². The lowest BCUT2D eigenvalue weighted by molar-refractivity contribution is -0.663. The number of ether oxygens (including phenoxy) is 7. The SMILES string of the molecule is C[C@H](c1ccccc1)[C@@H]1NC(=O)CNC(=O)C(CO)NC(=O)[C@@H]([C@H](O)[C@@H]2CNC(N)=[N+]2[C@@H]2O[C@@H](CO)[C@H](O)[C@H](O)[C@@H]2O)NC(=O)[C@H]([C@H](O)[C@@H]2CNC(N)=N2)NC(=O)[C@@H](Cc2ccc(O[C@@H]3O[C@H](CO)[C@H](O[C@@H]4O[C@@H](CO)[C@H](OCOc5ccc6ccccc6c5)[C@H](O)[C@@H]4O)[C@@H](O)[C@H]3O)cc2)NC1=O. The van der Waals surface area contributed by atoms with Gasteiger partial charge in [-0.1, -0.05) is 79.7 Å². The molecule has 103 heavy (non-hydrogen) atoms. The summed E-state index contributed by atoms with van der Waals surface area (Å²) in [4.78, 5) is 91.7. The van der Waals surface area contributed by atoms with Gasteiger partial charge in [0.1, 0.15) is 140 Å². The van der Waals surface area contributed by atoms with Crippen LogP contribution >= 0.6 is 0 Å². The number of aliphatic hydroxyl groups excluding tert-OH is 13. The first-order valence-corrected chi connectivity index (χ1v) is 33.0. The number of carbonyl (C=O) groups excluding carboxylic acids is 6. The van der Waals surface area contributed by atoms with Gasteiger partial charge in [-0.3, -0.25) is 39.8 Å². The number of nitrogens with zero attached hydrogens (tertiary/aromatic N) is 2. The minimum Gasteiger partial charge on any atom is -0.468 e. The fourth-order valence-electron chi connectivity index (χ4n) is 12.9. The van der Waals surface area contributed by atoms with Gasteiger partial charge in [0.05, 0.1) is 39.0 Å². The zero-order chi connectivity index (χ0) is 74.1. The van der Waals surface area contributed by atoms with Crippen molar-refractivity contribution in [2.45, 2.75) is 166 Å². The first-order valence-electron chi connectivity index (χ1n) is 33.0. The Balaban J connectivity index is 0.891. The molecule has 25 atom stereocenters. The molecule has 4 aromatic carbocycles. The highest BCUT2D eigenvalue weighted by atomic mass is 16.8. The standard InChI is InChI=1S/C65H86N12O26/c1-27(29-7-3-2-4-8-29)42-58(94)71-34(17-28-11-14-32(15-12-28)99-62-53(91)50(88)55(40(25-81)102-62)103-63-52(90)49(87)54(39(24-80)101-63)98-26-97-33-16-13-30-9-5-6-10-31(30)18-33)57(93)75-43(45(83)35-19-69-64(66)73-35)60(96)76-44(59(95)72-36(22-78)56(92)68-21-41(82)74-42)46(84)37-20-70-65(67)77(37)61-51(89)48(86)47(85)38(23-79)100-61/h2-16,18,27,34-40,42-55,61-63,78-81,83-91H,17,19-26H2,1H3,(H11,66,67,68,69,70,71,72,73,74,75,76,82,92,93,94,95,96)/p+1/t27-,34-,35+,36?,37+,38+,39+,40-,42+,43+,44-,45-,46-,47+,48+,49-,50+,51+,52+,53-,54+,55+,61-,62-,63+/m1/s1. The van der Waals surface area contributed by atoms with E-state index in [-0.39, 0.29) is 29.8 Å². The van der Waals surface area contributed by atoms with Gasteiger partial charge in [0.15, 0.2) is 19.0 Å². The van der Waals surface area contributed by atoms with Gasteiger partial charge < -0.3 is 142 Å². The summed E-state index contributed by atoms with van der Waals surface area (Å²) in [5.74, 6) is -8.43. The van der Waals surface area contributed by atoms with Crippen LogP contribution in [0.5, 0.6) is 11.5 Å². The van der Waals surface area contributed by atoms with Gasteiger partial charge in [-0.15, -0.1) is 0 Å². The van der Waals surface area contributed by atoms with Crippen molar-refractivity contribution in [3.63, 3.8) is 0 Å². The zero-order valence-corrected chi connectivity index (χ0v) is 55.2. The zero-order valence-electron chi connectivity index (χ0n) is 55.2. The van der Waals surface area contributed by atoms with Crippen LogP contribution in [0, 0.1) is 0 Å². The highest BCUT2D eigenvalue weighted by molar-refractivity contribution is 5.98. The Labute approximate surface area is 586 Å². The molecule has 6 heterocycles. The highest BCUT2D eigenvalue weighted by Gasteiger charge is 2.55. The molecule has 38 nitrogen and oxygen atoms in total. The highest BCUT2D eigenvalue weighted by Crippen LogP contribution is 2.33. The molecule has 4 aromatic rings. The number of fused-ring (bicyclic) bond motifs is 1. The third-order valence-corrected chi connectivity index (χ3v) is 18.7. The lowest BCUT2D eigenvalue weighted by atomic mass is 9.92. The van der Waals surface area contributed by atoms with E-state index in [2.05, 4.69) is 47.5 Å². The number of nitrogens with two attached hydrogens (primary N) is 2. The Morgan fingerprint density at radius 2 is 1.16 bits per heavy atom. The normalized spacial score (nSPS) is 34.5. The van der Waals surface area contributed by atoms with Crippen molar-refractivity contribution in [3.05, 3.63) is 108 Å². The van der Waals surface area contributed by atoms with E-state index in [4.69, 9.17) is 44.6 Å². The second-order valence-electron chi connectivity index (χ2n) is 25.5. The van der Waals surface area contributed by atoms with E-state index in [0.717, 1.165) is 15.3 Å². The van der Waals surface area contributed by atoms with Crippen molar-refractivity contribution < 1.29 is 133 Å². The van der Waals surface area contributed by atoms with Crippen molar-refractivity contribution in [1.29, 1.82) is 0 Å². The van der Waals surface area contributed by atoms with Gasteiger partial charge in [0, 0.05) is 18.9 Å². The number of nitrogens with one attached hydrogen (secondary N) is 8. The molecule has 25 N–H and O–H groups in total. The Bertz CT molecular complexity index is 3660. The van der Waals surface area contributed by atoms with Crippen molar-refractivity contribution in [2.24, 2.45) is 16.5 Å². The molecule has 0 aliphatic carbocycles. The van der Waals surface area contributed by atoms with Crippen LogP contribution in [0.1, 0.15) is 24.0 Å². The lowest BCUT2D eigenvalue weighted by Gasteiger charge is -2.46. The number of aliphatic hydroxyl groups is 13. The molecule has 4 saturated heterocycles. The fraction of sp³-hybridized carbons (Fsp3) is 0.538. The second kappa shape index (κ2) is 34.3. The molecule has 38 heteroatoms. The van der Waals surface area contributed by atoms with Crippen molar-refractivity contribution in [1.82, 2.24) is 42.5 Å². The predicted molar refractivity (Wildman–Crippen MR) is 351 cm³/mol. The fourth-order valence-corrected chi connectivity index (χ4v) is 12.9. The topological polar surface area (TPSA) is 594 Å². The van der Waals surface area contributed by atoms with E-state index >= 15 is 9.59 Å². The number of hydrogen-bond donors (Lipinski definition) is 23. The maximum Gasteiger partial charge on any atom is 0.346 e. The second-order valence-corrected chi connectivity index (χ2v) is 25.5. The average molecular weight is 1450 g/mol. The summed E-state index contributed by atoms with van der Waals surface area (Å²) in [6.07, 6.45) is -31.1. The largest absolute Gasteiger partial charge is 0.468 e. The molecular weight excluding hydrogens is 1360 g/mol. The molecule has 0 aromatic heterocycles. The summed E-state index contributed by atoms with van der Waals surface area (Å²) in [6.45, 7) is -4.15. The van der Waals surface area contributed by atoms with Crippen LogP contribution < -0.4 is 63.5 Å². The molecule has 6 aliphatic heterocycles. The number of carbonyl (C=O) groups is 6. The number of hydrogen-bond acceptors (Lipinski definition) is 31. The Morgan fingerprint density at radius 3 is 1.83 bits per heavy atom. The smallest absolute Gasteiger partial charge is 0.346 e. The van der Waals surface area contributed by atoms with Gasteiger partial charge in [-0.25, -0.2) is 9.57 Å². The van der Waals surface area contributed by atoms with Crippen LogP contribution in [0.25, 0.3) is 10.8 Å². The third-order valence-electron chi connectivity index (χ3n) is 18.7. The van der Waals surface area contributed by atoms with E-state index in [1.807, 2.05) is 30.3 Å². The van der Waals surface area contributed by atoms with Crippen LogP contribution in [-0.4, -0.2) is 318 Å². The average Bonchev–Trinajstić information content (AvgIpc) is 1.74. The number of amides is 6. The molecule has 0 spiro atoms. The molecule has 6 amide bonds.